The summed E-state index contributed by atoms with van der Waals surface area (Å²) in [6.07, 6.45) is 0.788. The van der Waals surface area contributed by atoms with Gasteiger partial charge in [-0.3, -0.25) is 4.79 Å². The summed E-state index contributed by atoms with van der Waals surface area (Å²) in [7, 11) is -3.69. The Morgan fingerprint density at radius 3 is 2.48 bits per heavy atom. The van der Waals surface area contributed by atoms with Crippen molar-refractivity contribution >= 4 is 26.6 Å². The molecule has 5 nitrogen and oxygen atoms in total. The Labute approximate surface area is 169 Å². The van der Waals surface area contributed by atoms with E-state index in [2.05, 4.69) is 0 Å². The van der Waals surface area contributed by atoms with Gasteiger partial charge in [-0.15, -0.1) is 0 Å². The lowest BCUT2D eigenvalue weighted by Gasteiger charge is -2.27. The lowest BCUT2D eigenvalue weighted by molar-refractivity contribution is -0.138. The predicted molar refractivity (Wildman–Crippen MR) is 111 cm³/mol. The molecule has 3 aromatic rings. The van der Waals surface area contributed by atoms with Gasteiger partial charge in [-0.1, -0.05) is 48.5 Å². The molecule has 1 heterocycles. The molecule has 0 aliphatic carbocycles. The van der Waals surface area contributed by atoms with Gasteiger partial charge in [-0.2, -0.15) is 0 Å². The van der Waals surface area contributed by atoms with Gasteiger partial charge >= 0.3 is 5.97 Å². The molecule has 1 N–H and O–H groups in total. The smallest absolute Gasteiger partial charge is 0.303 e. The number of carbonyl (C=O) groups is 1. The monoisotopic (exact) mass is 410 g/mol. The van der Waals surface area contributed by atoms with E-state index in [9.17, 15) is 13.2 Å². The zero-order valence-corrected chi connectivity index (χ0v) is 16.6. The SMILES string of the molecule is O=C(O)CC1CCC(S(=O)(=O)c2ccc3ccccc3c2)c2ccccc2OC1. The van der Waals surface area contributed by atoms with Crippen LogP contribution in [0.2, 0.25) is 0 Å². The largest absolute Gasteiger partial charge is 0.493 e. The summed E-state index contributed by atoms with van der Waals surface area (Å²) >= 11 is 0. The van der Waals surface area contributed by atoms with Crippen LogP contribution >= 0.6 is 0 Å². The van der Waals surface area contributed by atoms with E-state index in [1.165, 1.54) is 0 Å². The molecule has 3 aromatic carbocycles. The normalized spacial score (nSPS) is 19.6. The molecule has 2 unspecified atom stereocenters. The fraction of sp³-hybridized carbons (Fsp3) is 0.261. The van der Waals surface area contributed by atoms with Crippen molar-refractivity contribution in [3.63, 3.8) is 0 Å². The first-order valence-electron chi connectivity index (χ1n) is 9.61. The van der Waals surface area contributed by atoms with Crippen LogP contribution in [0.25, 0.3) is 10.8 Å². The summed E-state index contributed by atoms with van der Waals surface area (Å²) in [5, 5.41) is 10.2. The average Bonchev–Trinajstić information content (AvgIpc) is 2.70. The fourth-order valence-corrected chi connectivity index (χ4v) is 5.80. The Kier molecular flexibility index (Phi) is 5.28. The molecular formula is C23H22O5S. The number of sulfone groups is 1. The summed E-state index contributed by atoms with van der Waals surface area (Å²) < 4.78 is 33.1. The molecule has 1 aliphatic heterocycles. The highest BCUT2D eigenvalue weighted by Crippen LogP contribution is 2.41. The molecule has 0 radical (unpaired) electrons. The number of carboxylic acid groups (broad SMARTS) is 1. The predicted octanol–water partition coefficient (Wildman–Crippen LogP) is 4.62. The third kappa shape index (κ3) is 3.98. The first-order valence-corrected chi connectivity index (χ1v) is 11.2. The fourth-order valence-electron chi connectivity index (χ4n) is 3.95. The number of benzene rings is 3. The van der Waals surface area contributed by atoms with E-state index in [0.29, 0.717) is 24.2 Å². The number of para-hydroxylation sites is 1. The van der Waals surface area contributed by atoms with Crippen LogP contribution in [-0.2, 0) is 14.6 Å². The highest BCUT2D eigenvalue weighted by molar-refractivity contribution is 7.91. The highest BCUT2D eigenvalue weighted by atomic mass is 32.2. The van der Waals surface area contributed by atoms with E-state index in [1.54, 1.807) is 36.4 Å². The Morgan fingerprint density at radius 1 is 0.966 bits per heavy atom. The van der Waals surface area contributed by atoms with Gasteiger partial charge in [0.25, 0.3) is 0 Å². The molecule has 1 aliphatic rings. The first kappa shape index (κ1) is 19.5. The first-order chi connectivity index (χ1) is 13.9. The molecule has 0 amide bonds. The van der Waals surface area contributed by atoms with Gasteiger partial charge in [-0.25, -0.2) is 8.42 Å². The van der Waals surface area contributed by atoms with Crippen LogP contribution in [0.1, 0.15) is 30.1 Å². The van der Waals surface area contributed by atoms with Gasteiger partial charge in [0.05, 0.1) is 23.2 Å². The summed E-state index contributed by atoms with van der Waals surface area (Å²) in [5.74, 6) is -0.617. The second-order valence-electron chi connectivity index (χ2n) is 7.43. The molecule has 0 bridgehead atoms. The Balaban J connectivity index is 1.76. The highest BCUT2D eigenvalue weighted by Gasteiger charge is 2.34. The topological polar surface area (TPSA) is 80.7 Å². The molecule has 150 valence electrons. The average molecular weight is 410 g/mol. The lowest BCUT2D eigenvalue weighted by atomic mass is 9.95. The molecular weight excluding hydrogens is 388 g/mol. The summed E-state index contributed by atoms with van der Waals surface area (Å²) in [6, 6.07) is 20.0. The molecule has 0 saturated heterocycles. The molecule has 2 atom stereocenters. The number of fused-ring (bicyclic) bond motifs is 2. The van der Waals surface area contributed by atoms with Crippen LogP contribution in [0, 0.1) is 5.92 Å². The van der Waals surface area contributed by atoms with Crippen molar-refractivity contribution in [1.29, 1.82) is 0 Å². The van der Waals surface area contributed by atoms with Crippen molar-refractivity contribution in [3.05, 3.63) is 72.3 Å². The molecule has 0 fully saturated rings. The van der Waals surface area contributed by atoms with Crippen molar-refractivity contribution in [3.8, 4) is 5.75 Å². The molecule has 0 saturated carbocycles. The number of carboxylic acids is 1. The van der Waals surface area contributed by atoms with Gasteiger partial charge < -0.3 is 9.84 Å². The Hall–Kier alpha value is -2.86. The maximum atomic E-state index is 13.6. The van der Waals surface area contributed by atoms with Gasteiger partial charge in [0.1, 0.15) is 5.75 Å². The number of hydrogen-bond donors (Lipinski definition) is 1. The van der Waals surface area contributed by atoms with Gasteiger partial charge in [0.15, 0.2) is 9.84 Å². The zero-order valence-electron chi connectivity index (χ0n) is 15.8. The second kappa shape index (κ2) is 7.87. The summed E-state index contributed by atoms with van der Waals surface area (Å²) in [4.78, 5) is 11.4. The molecule has 0 spiro atoms. The molecule has 4 rings (SSSR count). The van der Waals surface area contributed by atoms with Crippen molar-refractivity contribution in [2.24, 2.45) is 5.92 Å². The third-order valence-electron chi connectivity index (χ3n) is 5.46. The lowest BCUT2D eigenvalue weighted by Crippen LogP contribution is -2.23. The standard InChI is InChI=1S/C23H22O5S/c24-23(25)13-16-9-12-22(20-7-3-4-8-21(20)28-15-16)29(26,27)19-11-10-17-5-1-2-6-18(17)14-19/h1-8,10-11,14,16,22H,9,12-13,15H2,(H,24,25). The molecule has 0 aromatic heterocycles. The summed E-state index contributed by atoms with van der Waals surface area (Å²) in [5.41, 5.74) is 0.634. The zero-order chi connectivity index (χ0) is 20.4. The third-order valence-corrected chi connectivity index (χ3v) is 7.61. The summed E-state index contributed by atoms with van der Waals surface area (Å²) in [6.45, 7) is 0.270. The minimum Gasteiger partial charge on any atom is -0.493 e. The number of aliphatic carboxylic acids is 1. The second-order valence-corrected chi connectivity index (χ2v) is 9.56. The van der Waals surface area contributed by atoms with Gasteiger partial charge in [-0.05, 0) is 41.8 Å². The van der Waals surface area contributed by atoms with Gasteiger partial charge in [0.2, 0.25) is 0 Å². The quantitative estimate of drug-likeness (QED) is 0.679. The molecule has 29 heavy (non-hydrogen) atoms. The van der Waals surface area contributed by atoms with E-state index in [-0.39, 0.29) is 23.8 Å². The van der Waals surface area contributed by atoms with Crippen LogP contribution in [0.3, 0.4) is 0 Å². The molecule has 6 heteroatoms. The maximum absolute atomic E-state index is 13.6. The maximum Gasteiger partial charge on any atom is 0.303 e. The van der Waals surface area contributed by atoms with E-state index in [4.69, 9.17) is 9.84 Å². The van der Waals surface area contributed by atoms with E-state index in [1.807, 2.05) is 30.3 Å². The van der Waals surface area contributed by atoms with Gasteiger partial charge in [0, 0.05) is 11.5 Å². The number of hydrogen-bond acceptors (Lipinski definition) is 4. The Bertz CT molecular complexity index is 1150. The van der Waals surface area contributed by atoms with Crippen molar-refractivity contribution < 1.29 is 23.1 Å². The van der Waals surface area contributed by atoms with Crippen molar-refractivity contribution in [2.45, 2.75) is 29.4 Å². The van der Waals surface area contributed by atoms with Crippen molar-refractivity contribution in [2.75, 3.05) is 6.61 Å². The van der Waals surface area contributed by atoms with E-state index >= 15 is 0 Å². The van der Waals surface area contributed by atoms with Crippen LogP contribution < -0.4 is 4.74 Å². The number of ether oxygens (including phenoxy) is 1. The minimum absolute atomic E-state index is 0.0368. The number of rotatable bonds is 4. The van der Waals surface area contributed by atoms with Crippen LogP contribution in [0.15, 0.2) is 71.6 Å². The van der Waals surface area contributed by atoms with Crippen LogP contribution in [0.4, 0.5) is 0 Å². The minimum atomic E-state index is -3.69. The van der Waals surface area contributed by atoms with Crippen LogP contribution in [-0.4, -0.2) is 26.1 Å². The van der Waals surface area contributed by atoms with E-state index in [0.717, 1.165) is 10.8 Å². The van der Waals surface area contributed by atoms with Crippen LogP contribution in [0.5, 0.6) is 5.75 Å². The van der Waals surface area contributed by atoms with Crippen molar-refractivity contribution in [1.82, 2.24) is 0 Å². The Morgan fingerprint density at radius 2 is 1.69 bits per heavy atom. The van der Waals surface area contributed by atoms with E-state index < -0.39 is 21.1 Å².